The molecule has 0 unspecified atom stereocenters. The number of rotatable bonds is 5. The van der Waals surface area contributed by atoms with Crippen LogP contribution in [0.1, 0.15) is 19.8 Å². The van der Waals surface area contributed by atoms with E-state index in [0.29, 0.717) is 6.61 Å². The third kappa shape index (κ3) is 7.78. The summed E-state index contributed by atoms with van der Waals surface area (Å²) in [5, 5.41) is 0. The summed E-state index contributed by atoms with van der Waals surface area (Å²) in [6.45, 7) is 2.24. The van der Waals surface area contributed by atoms with Gasteiger partial charge in [0, 0.05) is 6.08 Å². The Morgan fingerprint density at radius 2 is 2.08 bits per heavy atom. The molecule has 0 aliphatic heterocycles. The molecule has 3 heteroatoms. The fourth-order valence-electron chi connectivity index (χ4n) is 0.625. The first-order valence-corrected chi connectivity index (χ1v) is 5.14. The molecule has 12 heavy (non-hydrogen) atoms. The van der Waals surface area contributed by atoms with E-state index in [1.807, 2.05) is 10.2 Å². The van der Waals surface area contributed by atoms with Crippen molar-refractivity contribution in [1.82, 2.24) is 0 Å². The van der Waals surface area contributed by atoms with Gasteiger partial charge in [-0.3, -0.25) is 0 Å². The molecule has 0 heterocycles. The van der Waals surface area contributed by atoms with Crippen molar-refractivity contribution in [1.29, 1.82) is 0 Å². The van der Waals surface area contributed by atoms with Gasteiger partial charge in [-0.2, -0.15) is 0 Å². The normalized spacial score (nSPS) is 11.2. The molecule has 0 rings (SSSR count). The molecule has 0 saturated carbocycles. The molecule has 0 N–H and O–H groups in total. The van der Waals surface area contributed by atoms with Crippen LogP contribution < -0.4 is 0 Å². The van der Waals surface area contributed by atoms with Gasteiger partial charge in [0.25, 0.3) is 0 Å². The van der Waals surface area contributed by atoms with Crippen molar-refractivity contribution in [3.05, 3.63) is 22.3 Å². The summed E-state index contributed by atoms with van der Waals surface area (Å²) in [7, 11) is 0. The van der Waals surface area contributed by atoms with E-state index in [4.69, 9.17) is 4.74 Å². The molecular formula is C9H13IO2. The average Bonchev–Trinajstić information content (AvgIpc) is 2.05. The summed E-state index contributed by atoms with van der Waals surface area (Å²) in [6, 6.07) is 0. The maximum Gasteiger partial charge on any atom is 0.330 e. The summed E-state index contributed by atoms with van der Waals surface area (Å²) in [5.74, 6) is -0.254. The Hall–Kier alpha value is -0.320. The number of hydrogen-bond donors (Lipinski definition) is 0. The molecule has 0 aromatic carbocycles. The number of hydrogen-bond acceptors (Lipinski definition) is 2. The van der Waals surface area contributed by atoms with Gasteiger partial charge in [-0.15, -0.1) is 0 Å². The lowest BCUT2D eigenvalue weighted by atomic mass is 10.3. The van der Waals surface area contributed by atoms with Gasteiger partial charge in [0.2, 0.25) is 0 Å². The Morgan fingerprint density at radius 1 is 1.42 bits per heavy atom. The van der Waals surface area contributed by atoms with E-state index < -0.39 is 0 Å². The van der Waals surface area contributed by atoms with E-state index in [9.17, 15) is 4.79 Å². The fourth-order valence-corrected chi connectivity index (χ4v) is 0.985. The van der Waals surface area contributed by atoms with Gasteiger partial charge >= 0.3 is 5.97 Å². The van der Waals surface area contributed by atoms with Crippen molar-refractivity contribution in [2.45, 2.75) is 19.8 Å². The highest BCUT2D eigenvalue weighted by Crippen LogP contribution is 1.95. The van der Waals surface area contributed by atoms with Gasteiger partial charge in [0.1, 0.15) is 0 Å². The first kappa shape index (κ1) is 11.7. The summed E-state index contributed by atoms with van der Waals surface area (Å²) < 4.78 is 6.67. The lowest BCUT2D eigenvalue weighted by Gasteiger charge is -1.93. The second-order valence-corrected chi connectivity index (χ2v) is 2.81. The summed E-state index contributed by atoms with van der Waals surface area (Å²) in [4.78, 5) is 10.7. The van der Waals surface area contributed by atoms with Gasteiger partial charge in [-0.05, 0) is 23.8 Å². The molecule has 0 aromatic heterocycles. The van der Waals surface area contributed by atoms with E-state index in [-0.39, 0.29) is 5.97 Å². The van der Waals surface area contributed by atoms with Gasteiger partial charge in [-0.1, -0.05) is 34.7 Å². The van der Waals surface area contributed by atoms with Gasteiger partial charge in [-0.25, -0.2) is 4.79 Å². The first-order chi connectivity index (χ1) is 5.81. The van der Waals surface area contributed by atoms with Crippen LogP contribution in [0, 0.1) is 0 Å². The largest absolute Gasteiger partial charge is 0.463 e. The van der Waals surface area contributed by atoms with Crippen LogP contribution in [0.15, 0.2) is 22.3 Å². The number of unbranched alkanes of at least 4 members (excludes halogenated alkanes) is 1. The summed E-state index contributed by atoms with van der Waals surface area (Å²) >= 11 is 2.17. The molecule has 0 radical (unpaired) electrons. The SMILES string of the molecule is CCOC(=O)/C=C/CC/C=C/I. The van der Waals surface area contributed by atoms with Crippen molar-refractivity contribution in [2.75, 3.05) is 6.61 Å². The molecule has 0 fully saturated rings. The molecule has 2 nitrogen and oxygen atoms in total. The van der Waals surface area contributed by atoms with Crippen LogP contribution in [-0.2, 0) is 9.53 Å². The quantitative estimate of drug-likeness (QED) is 0.335. The Morgan fingerprint density at radius 3 is 2.67 bits per heavy atom. The summed E-state index contributed by atoms with van der Waals surface area (Å²) in [5.41, 5.74) is 0. The number of halogens is 1. The Labute approximate surface area is 86.8 Å². The molecular weight excluding hydrogens is 267 g/mol. The predicted molar refractivity (Wildman–Crippen MR) is 58.2 cm³/mol. The number of allylic oxidation sites excluding steroid dienone is 2. The Bertz CT molecular complexity index is 173. The van der Waals surface area contributed by atoms with Crippen molar-refractivity contribution in [2.24, 2.45) is 0 Å². The third-order valence-corrected chi connectivity index (χ3v) is 1.64. The van der Waals surface area contributed by atoms with Crippen molar-refractivity contribution in [3.63, 3.8) is 0 Å². The van der Waals surface area contributed by atoms with Gasteiger partial charge in [0.15, 0.2) is 0 Å². The van der Waals surface area contributed by atoms with E-state index in [1.165, 1.54) is 6.08 Å². The van der Waals surface area contributed by atoms with Crippen molar-refractivity contribution in [3.8, 4) is 0 Å². The molecule has 0 aliphatic rings. The highest BCUT2D eigenvalue weighted by molar-refractivity contribution is 14.1. The zero-order valence-corrected chi connectivity index (χ0v) is 9.28. The first-order valence-electron chi connectivity index (χ1n) is 3.89. The van der Waals surface area contributed by atoms with Crippen LogP contribution in [0.3, 0.4) is 0 Å². The highest BCUT2D eigenvalue weighted by atomic mass is 127. The predicted octanol–water partition coefficient (Wildman–Crippen LogP) is 2.83. The number of ether oxygens (including phenoxy) is 1. The van der Waals surface area contributed by atoms with Gasteiger partial charge < -0.3 is 4.74 Å². The molecule has 0 aromatic rings. The van der Waals surface area contributed by atoms with Gasteiger partial charge in [0.05, 0.1) is 6.61 Å². The minimum atomic E-state index is -0.254. The van der Waals surface area contributed by atoms with Crippen LogP contribution in [0.25, 0.3) is 0 Å². The van der Waals surface area contributed by atoms with Crippen LogP contribution in [0.4, 0.5) is 0 Å². The maximum absolute atomic E-state index is 10.7. The van der Waals surface area contributed by atoms with E-state index in [1.54, 1.807) is 6.92 Å². The lowest BCUT2D eigenvalue weighted by molar-refractivity contribution is -0.137. The molecule has 0 aliphatic carbocycles. The maximum atomic E-state index is 10.7. The third-order valence-electron chi connectivity index (χ3n) is 1.13. The minimum Gasteiger partial charge on any atom is -0.463 e. The zero-order valence-electron chi connectivity index (χ0n) is 7.13. The van der Waals surface area contributed by atoms with Crippen molar-refractivity contribution < 1.29 is 9.53 Å². The minimum absolute atomic E-state index is 0.254. The number of esters is 1. The smallest absolute Gasteiger partial charge is 0.330 e. The van der Waals surface area contributed by atoms with Crippen LogP contribution in [-0.4, -0.2) is 12.6 Å². The van der Waals surface area contributed by atoms with E-state index in [2.05, 4.69) is 28.7 Å². The average molecular weight is 280 g/mol. The van der Waals surface area contributed by atoms with E-state index >= 15 is 0 Å². The molecule has 0 saturated heterocycles. The van der Waals surface area contributed by atoms with E-state index in [0.717, 1.165) is 12.8 Å². The van der Waals surface area contributed by atoms with Crippen LogP contribution in [0.2, 0.25) is 0 Å². The second kappa shape index (κ2) is 8.77. The molecule has 0 amide bonds. The number of carbonyl (C=O) groups is 1. The molecule has 0 atom stereocenters. The van der Waals surface area contributed by atoms with Crippen LogP contribution >= 0.6 is 22.6 Å². The highest BCUT2D eigenvalue weighted by Gasteiger charge is 1.90. The Kier molecular flexibility index (Phi) is 8.54. The number of carbonyl (C=O) groups excluding carboxylic acids is 1. The topological polar surface area (TPSA) is 26.3 Å². The molecule has 0 bridgehead atoms. The second-order valence-electron chi connectivity index (χ2n) is 2.09. The van der Waals surface area contributed by atoms with Crippen molar-refractivity contribution >= 4 is 28.6 Å². The Balaban J connectivity index is 3.41. The zero-order chi connectivity index (χ0) is 9.23. The molecule has 0 spiro atoms. The standard InChI is InChI=1S/C9H13IO2/c1-2-12-9(11)7-5-3-4-6-8-10/h5-8H,2-4H2,1H3/b7-5+,8-6+. The molecule has 68 valence electrons. The lowest BCUT2D eigenvalue weighted by Crippen LogP contribution is -1.98. The van der Waals surface area contributed by atoms with Crippen LogP contribution in [0.5, 0.6) is 0 Å². The monoisotopic (exact) mass is 280 g/mol. The summed E-state index contributed by atoms with van der Waals surface area (Å²) in [6.07, 6.45) is 7.21. The fraction of sp³-hybridized carbons (Fsp3) is 0.444.